The first-order chi connectivity index (χ1) is 31.7. The fourth-order valence-electron chi connectivity index (χ4n) is 9.33. The van der Waals surface area contributed by atoms with E-state index in [1.807, 2.05) is 79.3 Å². The highest BCUT2D eigenvalue weighted by molar-refractivity contribution is 6.12. The SMILES string of the molecule is N#Cc1ccccc1-c1cc(-n2c3ccccc3c3ccc(-c4ccnc(-c5ccccc5)c4)cc32)ncc1-n1c2ccccc2c2ccc(-c3ccnc(-c4ccccc4)c3)cc21. The van der Waals surface area contributed by atoms with Crippen LogP contribution in [0.3, 0.4) is 0 Å². The first-order valence-electron chi connectivity index (χ1n) is 21.3. The summed E-state index contributed by atoms with van der Waals surface area (Å²) in [6.07, 6.45) is 5.75. The highest BCUT2D eigenvalue weighted by atomic mass is 15.1. The summed E-state index contributed by atoms with van der Waals surface area (Å²) in [7, 11) is 0. The summed E-state index contributed by atoms with van der Waals surface area (Å²) in [5, 5.41) is 15.1. The monoisotopic (exact) mass is 816 g/mol. The molecule has 0 spiro atoms. The molecule has 0 bridgehead atoms. The summed E-state index contributed by atoms with van der Waals surface area (Å²) < 4.78 is 4.57. The second-order valence-electron chi connectivity index (χ2n) is 16.0. The van der Waals surface area contributed by atoms with Gasteiger partial charge in [-0.2, -0.15) is 5.26 Å². The summed E-state index contributed by atoms with van der Waals surface area (Å²) in [6, 6.07) is 71.9. The van der Waals surface area contributed by atoms with Crippen LogP contribution in [0.25, 0.3) is 111 Å². The summed E-state index contributed by atoms with van der Waals surface area (Å²) >= 11 is 0. The zero-order valence-corrected chi connectivity index (χ0v) is 34.5. The van der Waals surface area contributed by atoms with Crippen LogP contribution in [0.2, 0.25) is 0 Å². The summed E-state index contributed by atoms with van der Waals surface area (Å²) in [5.41, 5.74) is 15.6. The smallest absolute Gasteiger partial charge is 0.138 e. The third kappa shape index (κ3) is 6.14. The molecule has 0 unspecified atom stereocenters. The summed E-state index contributed by atoms with van der Waals surface area (Å²) in [6.45, 7) is 0. The van der Waals surface area contributed by atoms with Gasteiger partial charge in [-0.1, -0.05) is 140 Å². The van der Waals surface area contributed by atoms with Gasteiger partial charge in [0.25, 0.3) is 0 Å². The number of hydrogen-bond donors (Lipinski definition) is 0. The molecule has 12 aromatic rings. The Hall–Kier alpha value is -8.92. The van der Waals surface area contributed by atoms with E-state index in [0.29, 0.717) is 5.56 Å². The van der Waals surface area contributed by atoms with Gasteiger partial charge in [0.05, 0.1) is 57.0 Å². The molecule has 0 aliphatic carbocycles. The third-order valence-corrected chi connectivity index (χ3v) is 12.3. The highest BCUT2D eigenvalue weighted by Crippen LogP contribution is 2.41. The first-order valence-corrected chi connectivity index (χ1v) is 21.3. The lowest BCUT2D eigenvalue weighted by atomic mass is 9.99. The number of hydrogen-bond acceptors (Lipinski definition) is 4. The van der Waals surface area contributed by atoms with Gasteiger partial charge in [0.1, 0.15) is 5.82 Å². The van der Waals surface area contributed by atoms with Crippen LogP contribution in [0.15, 0.2) is 219 Å². The summed E-state index contributed by atoms with van der Waals surface area (Å²) in [4.78, 5) is 14.8. The van der Waals surface area contributed by atoms with Crippen LogP contribution < -0.4 is 0 Å². The normalized spacial score (nSPS) is 11.4. The van der Waals surface area contributed by atoms with Crippen LogP contribution in [0.5, 0.6) is 0 Å². The van der Waals surface area contributed by atoms with E-state index in [9.17, 15) is 5.26 Å². The van der Waals surface area contributed by atoms with Gasteiger partial charge in [0.2, 0.25) is 0 Å². The van der Waals surface area contributed by atoms with E-state index in [0.717, 1.165) is 111 Å². The predicted octanol–water partition coefficient (Wildman–Crippen LogP) is 14.3. The molecule has 0 saturated carbocycles. The standard InChI is InChI=1S/C58H36N6/c59-36-44-17-7-8-18-45(44)50-35-58(64-54-22-12-10-20-47(54)49-26-24-41(34-56(49)64)43-28-30-61-52(32-43)39-15-5-2-6-16-39)62-37-57(50)63-53-21-11-9-19-46(53)48-25-23-40(33-55(48)63)42-27-29-60-51(31-42)38-13-3-1-4-14-38/h1-35,37H. The Morgan fingerprint density at radius 2 is 0.844 bits per heavy atom. The second-order valence-corrected chi connectivity index (χ2v) is 16.0. The summed E-state index contributed by atoms with van der Waals surface area (Å²) in [5.74, 6) is 0.751. The number of nitrogens with zero attached hydrogens (tertiary/aromatic N) is 6. The molecule has 0 atom stereocenters. The maximum absolute atomic E-state index is 10.6. The van der Waals surface area contributed by atoms with Crippen molar-refractivity contribution in [3.63, 3.8) is 0 Å². The molecule has 0 radical (unpaired) electrons. The van der Waals surface area contributed by atoms with Crippen molar-refractivity contribution in [2.24, 2.45) is 0 Å². The molecule has 5 aromatic heterocycles. The van der Waals surface area contributed by atoms with Crippen molar-refractivity contribution >= 4 is 43.6 Å². The number of benzene rings is 7. The predicted molar refractivity (Wildman–Crippen MR) is 260 cm³/mol. The maximum atomic E-state index is 10.6. The molecule has 298 valence electrons. The Morgan fingerprint density at radius 3 is 1.44 bits per heavy atom. The number of para-hydroxylation sites is 2. The van der Waals surface area contributed by atoms with E-state index in [2.05, 4.69) is 155 Å². The number of rotatable bonds is 7. The first kappa shape index (κ1) is 36.9. The van der Waals surface area contributed by atoms with Crippen molar-refractivity contribution in [1.29, 1.82) is 5.26 Å². The van der Waals surface area contributed by atoms with Crippen molar-refractivity contribution in [2.75, 3.05) is 0 Å². The third-order valence-electron chi connectivity index (χ3n) is 12.3. The molecular weight excluding hydrogens is 781 g/mol. The quantitative estimate of drug-likeness (QED) is 0.161. The lowest BCUT2D eigenvalue weighted by Crippen LogP contribution is -2.04. The fourth-order valence-corrected chi connectivity index (χ4v) is 9.33. The van der Waals surface area contributed by atoms with Crippen LogP contribution >= 0.6 is 0 Å². The molecule has 12 rings (SSSR count). The number of nitriles is 1. The highest BCUT2D eigenvalue weighted by Gasteiger charge is 2.22. The van der Waals surface area contributed by atoms with Crippen LogP contribution in [-0.2, 0) is 0 Å². The molecular formula is C58H36N6. The number of fused-ring (bicyclic) bond motifs is 6. The molecule has 0 fully saturated rings. The van der Waals surface area contributed by atoms with Crippen molar-refractivity contribution < 1.29 is 0 Å². The molecule has 0 aliphatic heterocycles. The van der Waals surface area contributed by atoms with Crippen molar-refractivity contribution in [1.82, 2.24) is 24.1 Å². The van der Waals surface area contributed by atoms with Gasteiger partial charge in [-0.05, 0) is 82.9 Å². The van der Waals surface area contributed by atoms with Crippen LogP contribution in [0.1, 0.15) is 5.56 Å². The molecule has 0 amide bonds. The largest absolute Gasteiger partial charge is 0.307 e. The molecule has 7 aromatic carbocycles. The maximum Gasteiger partial charge on any atom is 0.138 e. The topological polar surface area (TPSA) is 72.3 Å². The van der Waals surface area contributed by atoms with Crippen LogP contribution in [0, 0.1) is 11.3 Å². The average Bonchev–Trinajstić information content (AvgIpc) is 3.89. The van der Waals surface area contributed by atoms with Gasteiger partial charge in [0, 0.05) is 56.2 Å². The van der Waals surface area contributed by atoms with Crippen molar-refractivity contribution in [3.8, 4) is 73.5 Å². The second kappa shape index (κ2) is 15.2. The van der Waals surface area contributed by atoms with E-state index < -0.39 is 0 Å². The van der Waals surface area contributed by atoms with Gasteiger partial charge < -0.3 is 4.57 Å². The molecule has 5 heterocycles. The molecule has 0 N–H and O–H groups in total. The molecule has 0 saturated heterocycles. The minimum atomic E-state index is 0.587. The molecule has 64 heavy (non-hydrogen) atoms. The van der Waals surface area contributed by atoms with E-state index in [1.54, 1.807) is 0 Å². The van der Waals surface area contributed by atoms with E-state index in [4.69, 9.17) is 15.0 Å². The van der Waals surface area contributed by atoms with E-state index >= 15 is 0 Å². The average molecular weight is 817 g/mol. The Balaban J connectivity index is 1.08. The van der Waals surface area contributed by atoms with Gasteiger partial charge in [-0.25, -0.2) is 4.98 Å². The Kier molecular flexibility index (Phi) is 8.77. The number of aromatic nitrogens is 5. The lowest BCUT2D eigenvalue weighted by Gasteiger charge is -2.17. The van der Waals surface area contributed by atoms with Crippen molar-refractivity contribution in [3.05, 3.63) is 224 Å². The Bertz CT molecular complexity index is 3800. The van der Waals surface area contributed by atoms with Gasteiger partial charge in [-0.3, -0.25) is 14.5 Å². The zero-order valence-electron chi connectivity index (χ0n) is 34.5. The minimum Gasteiger partial charge on any atom is -0.307 e. The van der Waals surface area contributed by atoms with Gasteiger partial charge in [0.15, 0.2) is 0 Å². The van der Waals surface area contributed by atoms with E-state index in [1.165, 1.54) is 0 Å². The molecule has 6 nitrogen and oxygen atoms in total. The molecule has 0 aliphatic rings. The van der Waals surface area contributed by atoms with E-state index in [-0.39, 0.29) is 0 Å². The minimum absolute atomic E-state index is 0.587. The van der Waals surface area contributed by atoms with Crippen molar-refractivity contribution in [2.45, 2.75) is 0 Å². The van der Waals surface area contributed by atoms with Crippen LogP contribution in [-0.4, -0.2) is 24.1 Å². The lowest BCUT2D eigenvalue weighted by molar-refractivity contribution is 1.06. The zero-order chi connectivity index (χ0) is 42.6. The van der Waals surface area contributed by atoms with Gasteiger partial charge >= 0.3 is 0 Å². The Labute approximate surface area is 369 Å². The fraction of sp³-hybridized carbons (Fsp3) is 0. The Morgan fingerprint density at radius 1 is 0.359 bits per heavy atom. The van der Waals surface area contributed by atoms with Gasteiger partial charge in [-0.15, -0.1) is 0 Å². The van der Waals surface area contributed by atoms with Crippen LogP contribution in [0.4, 0.5) is 0 Å². The number of pyridine rings is 3. The molecule has 6 heteroatoms.